The summed E-state index contributed by atoms with van der Waals surface area (Å²) in [6.07, 6.45) is 0. The maximum atomic E-state index is 14.2. The highest BCUT2D eigenvalue weighted by Crippen LogP contribution is 2.27. The lowest BCUT2D eigenvalue weighted by Gasteiger charge is -2.25. The van der Waals surface area contributed by atoms with Gasteiger partial charge in [0.1, 0.15) is 5.82 Å². The first-order valence-corrected chi connectivity index (χ1v) is 9.71. The van der Waals surface area contributed by atoms with Crippen molar-refractivity contribution in [3.05, 3.63) is 95.3 Å². The summed E-state index contributed by atoms with van der Waals surface area (Å²) in [6, 6.07) is 20.1. The van der Waals surface area contributed by atoms with Gasteiger partial charge in [-0.3, -0.25) is 4.31 Å². The molecule has 0 aliphatic heterocycles. The van der Waals surface area contributed by atoms with Gasteiger partial charge in [0, 0.05) is 5.56 Å². The van der Waals surface area contributed by atoms with Crippen molar-refractivity contribution in [3.8, 4) is 0 Å². The molecule has 0 radical (unpaired) electrons. The van der Waals surface area contributed by atoms with Gasteiger partial charge < -0.3 is 0 Å². The molecule has 0 unspecified atom stereocenters. The molecule has 0 spiro atoms. The summed E-state index contributed by atoms with van der Waals surface area (Å²) in [7, 11) is -3.84. The van der Waals surface area contributed by atoms with Crippen molar-refractivity contribution >= 4 is 15.7 Å². The van der Waals surface area contributed by atoms with Crippen LogP contribution in [0, 0.1) is 19.7 Å². The zero-order chi connectivity index (χ0) is 18.7. The average Bonchev–Trinajstić information content (AvgIpc) is 2.62. The van der Waals surface area contributed by atoms with Gasteiger partial charge in [0.25, 0.3) is 10.0 Å². The summed E-state index contributed by atoms with van der Waals surface area (Å²) in [5.41, 5.74) is 2.69. The predicted octanol–water partition coefficient (Wildman–Crippen LogP) is 4.84. The quantitative estimate of drug-likeness (QED) is 0.645. The molecule has 3 nitrogen and oxygen atoms in total. The third-order valence-corrected chi connectivity index (χ3v) is 5.94. The normalized spacial score (nSPS) is 11.3. The van der Waals surface area contributed by atoms with E-state index < -0.39 is 15.8 Å². The van der Waals surface area contributed by atoms with E-state index in [2.05, 4.69) is 0 Å². The summed E-state index contributed by atoms with van der Waals surface area (Å²) in [5, 5.41) is 0. The molecule has 0 saturated heterocycles. The van der Waals surface area contributed by atoms with Crippen LogP contribution in [0.4, 0.5) is 10.1 Å². The van der Waals surface area contributed by atoms with E-state index in [1.165, 1.54) is 10.4 Å². The number of hydrogen-bond donors (Lipinski definition) is 0. The van der Waals surface area contributed by atoms with Crippen LogP contribution in [0.15, 0.2) is 77.7 Å². The summed E-state index contributed by atoms with van der Waals surface area (Å²) < 4.78 is 42.0. The van der Waals surface area contributed by atoms with Gasteiger partial charge in [0.15, 0.2) is 0 Å². The molecule has 134 valence electrons. The van der Waals surface area contributed by atoms with Crippen molar-refractivity contribution in [3.63, 3.8) is 0 Å². The van der Waals surface area contributed by atoms with Gasteiger partial charge in [0.05, 0.1) is 17.1 Å². The van der Waals surface area contributed by atoms with Crippen molar-refractivity contribution in [2.75, 3.05) is 4.31 Å². The topological polar surface area (TPSA) is 37.4 Å². The zero-order valence-corrected chi connectivity index (χ0v) is 15.5. The Morgan fingerprint density at radius 2 is 1.54 bits per heavy atom. The molecule has 3 rings (SSSR count). The third-order valence-electron chi connectivity index (χ3n) is 4.17. The SMILES string of the molecule is Cc1ccc(N(Cc2ccccc2F)S(=O)(=O)c2cccc(C)c2)cc1. The first-order chi connectivity index (χ1) is 12.4. The van der Waals surface area contributed by atoms with E-state index >= 15 is 0 Å². The Labute approximate surface area is 153 Å². The van der Waals surface area contributed by atoms with Crippen LogP contribution in [-0.2, 0) is 16.6 Å². The number of sulfonamides is 1. The summed E-state index contributed by atoms with van der Waals surface area (Å²) in [4.78, 5) is 0.189. The molecule has 0 heterocycles. The molecule has 3 aromatic carbocycles. The molecule has 0 aliphatic rings. The molecule has 0 aromatic heterocycles. The zero-order valence-electron chi connectivity index (χ0n) is 14.7. The summed E-state index contributed by atoms with van der Waals surface area (Å²) in [5.74, 6) is -0.427. The Balaban J connectivity index is 2.11. The molecular formula is C21H20FNO2S. The van der Waals surface area contributed by atoms with Gasteiger partial charge in [0.2, 0.25) is 0 Å². The molecule has 0 saturated carbocycles. The highest BCUT2D eigenvalue weighted by atomic mass is 32.2. The third kappa shape index (κ3) is 3.78. The van der Waals surface area contributed by atoms with Gasteiger partial charge in [-0.05, 0) is 49.7 Å². The van der Waals surface area contributed by atoms with Gasteiger partial charge in [-0.25, -0.2) is 12.8 Å². The highest BCUT2D eigenvalue weighted by Gasteiger charge is 2.26. The van der Waals surface area contributed by atoms with Crippen molar-refractivity contribution < 1.29 is 12.8 Å². The Kier molecular flexibility index (Phi) is 5.09. The fourth-order valence-electron chi connectivity index (χ4n) is 2.71. The Bertz CT molecular complexity index is 1010. The molecule has 0 atom stereocenters. The first-order valence-electron chi connectivity index (χ1n) is 8.27. The second kappa shape index (κ2) is 7.30. The maximum Gasteiger partial charge on any atom is 0.264 e. The second-order valence-corrected chi connectivity index (χ2v) is 8.12. The molecule has 0 N–H and O–H groups in total. The number of aryl methyl sites for hydroxylation is 2. The van der Waals surface area contributed by atoms with E-state index in [4.69, 9.17) is 0 Å². The number of rotatable bonds is 5. The van der Waals surface area contributed by atoms with Crippen LogP contribution in [-0.4, -0.2) is 8.42 Å². The lowest BCUT2D eigenvalue weighted by molar-refractivity contribution is 0.585. The van der Waals surface area contributed by atoms with Crippen molar-refractivity contribution in [2.24, 2.45) is 0 Å². The van der Waals surface area contributed by atoms with Crippen LogP contribution in [0.25, 0.3) is 0 Å². The molecule has 0 amide bonds. The minimum absolute atomic E-state index is 0.0774. The van der Waals surface area contributed by atoms with Crippen LogP contribution in [0.3, 0.4) is 0 Å². The smallest absolute Gasteiger partial charge is 0.262 e. The number of benzene rings is 3. The monoisotopic (exact) mass is 369 g/mol. The molecule has 0 fully saturated rings. The van der Waals surface area contributed by atoms with E-state index in [0.29, 0.717) is 11.3 Å². The number of anilines is 1. The Morgan fingerprint density at radius 3 is 2.19 bits per heavy atom. The summed E-state index contributed by atoms with van der Waals surface area (Å²) in [6.45, 7) is 3.69. The van der Waals surface area contributed by atoms with Crippen LogP contribution < -0.4 is 4.31 Å². The fraction of sp³-hybridized carbons (Fsp3) is 0.143. The van der Waals surface area contributed by atoms with Crippen LogP contribution >= 0.6 is 0 Å². The van der Waals surface area contributed by atoms with Gasteiger partial charge >= 0.3 is 0 Å². The van der Waals surface area contributed by atoms with Gasteiger partial charge in [-0.1, -0.05) is 48.0 Å². The second-order valence-electron chi connectivity index (χ2n) is 6.26. The molecular weight excluding hydrogens is 349 g/mol. The minimum atomic E-state index is -3.84. The molecule has 3 aromatic rings. The average molecular weight is 369 g/mol. The first kappa shape index (κ1) is 18.1. The van der Waals surface area contributed by atoms with Crippen LogP contribution in [0.1, 0.15) is 16.7 Å². The van der Waals surface area contributed by atoms with Gasteiger partial charge in [-0.2, -0.15) is 0 Å². The minimum Gasteiger partial charge on any atom is -0.262 e. The molecule has 5 heteroatoms. The highest BCUT2D eigenvalue weighted by molar-refractivity contribution is 7.92. The lowest BCUT2D eigenvalue weighted by Crippen LogP contribution is -2.31. The maximum absolute atomic E-state index is 14.2. The van der Waals surface area contributed by atoms with Crippen molar-refractivity contribution in [1.29, 1.82) is 0 Å². The van der Waals surface area contributed by atoms with Gasteiger partial charge in [-0.15, -0.1) is 0 Å². The fourth-order valence-corrected chi connectivity index (χ4v) is 4.26. The lowest BCUT2D eigenvalue weighted by atomic mass is 10.2. The van der Waals surface area contributed by atoms with E-state index in [-0.39, 0.29) is 11.4 Å². The summed E-state index contributed by atoms with van der Waals surface area (Å²) >= 11 is 0. The number of halogens is 1. The van der Waals surface area contributed by atoms with E-state index in [1.807, 2.05) is 32.0 Å². The largest absolute Gasteiger partial charge is 0.264 e. The van der Waals surface area contributed by atoms with E-state index in [1.54, 1.807) is 48.5 Å². The predicted molar refractivity (Wildman–Crippen MR) is 102 cm³/mol. The standard InChI is InChI=1S/C21H20FNO2S/c1-16-10-12-19(13-11-16)23(15-18-7-3-4-9-21(18)22)26(24,25)20-8-5-6-17(2)14-20/h3-14H,15H2,1-2H3. The van der Waals surface area contributed by atoms with Crippen LogP contribution in [0.5, 0.6) is 0 Å². The number of hydrogen-bond acceptors (Lipinski definition) is 2. The van der Waals surface area contributed by atoms with E-state index in [9.17, 15) is 12.8 Å². The van der Waals surface area contributed by atoms with E-state index in [0.717, 1.165) is 11.1 Å². The Hall–Kier alpha value is -2.66. The molecule has 0 aliphatic carbocycles. The molecule has 0 bridgehead atoms. The Morgan fingerprint density at radius 1 is 0.846 bits per heavy atom. The molecule has 26 heavy (non-hydrogen) atoms. The van der Waals surface area contributed by atoms with Crippen molar-refractivity contribution in [1.82, 2.24) is 0 Å². The van der Waals surface area contributed by atoms with Crippen molar-refractivity contribution in [2.45, 2.75) is 25.3 Å². The van der Waals surface area contributed by atoms with Crippen LogP contribution in [0.2, 0.25) is 0 Å². The number of nitrogens with zero attached hydrogens (tertiary/aromatic N) is 1.